The second kappa shape index (κ2) is 3.86. The maximum Gasteiger partial charge on any atom is 0.322 e. The number of rotatable bonds is 3. The molecule has 2 rings (SSSR count). The van der Waals surface area contributed by atoms with Crippen molar-refractivity contribution in [2.75, 3.05) is 5.48 Å². The smallest absolute Gasteiger partial charge is 0.322 e. The maximum atomic E-state index is 5.13. The molecular weight excluding hydrogens is 186 g/mol. The Balaban J connectivity index is 1.94. The normalized spacial score (nSPS) is 9.54. The quantitative estimate of drug-likeness (QED) is 0.757. The largest absolute Gasteiger partial charge is 0.348 e. The summed E-state index contributed by atoms with van der Waals surface area (Å²) in [7, 11) is 0. The number of hydrogen-bond acceptors (Lipinski definition) is 5. The molecular formula is C8H7N3OS. The summed E-state index contributed by atoms with van der Waals surface area (Å²) in [6, 6.07) is 9.59. The van der Waals surface area contributed by atoms with Crippen molar-refractivity contribution in [2.45, 2.75) is 0 Å². The molecule has 0 saturated heterocycles. The van der Waals surface area contributed by atoms with Crippen LogP contribution < -0.4 is 10.3 Å². The lowest BCUT2D eigenvalue weighted by molar-refractivity contribution is 0.398. The van der Waals surface area contributed by atoms with Gasteiger partial charge in [-0.2, -0.15) is 0 Å². The zero-order valence-corrected chi connectivity index (χ0v) is 7.49. The van der Waals surface area contributed by atoms with Crippen LogP contribution in [0.25, 0.3) is 0 Å². The number of anilines is 1. The van der Waals surface area contributed by atoms with Gasteiger partial charge in [0.1, 0.15) is 5.51 Å². The molecule has 0 aliphatic carbocycles. The highest BCUT2D eigenvalue weighted by Crippen LogP contribution is 2.13. The highest BCUT2D eigenvalue weighted by molar-refractivity contribution is 7.11. The van der Waals surface area contributed by atoms with E-state index in [1.807, 2.05) is 30.3 Å². The van der Waals surface area contributed by atoms with Gasteiger partial charge in [-0.1, -0.05) is 34.6 Å². The first-order chi connectivity index (χ1) is 6.45. The molecule has 1 heterocycles. The Hall–Kier alpha value is -1.62. The third-order valence-electron chi connectivity index (χ3n) is 1.37. The van der Waals surface area contributed by atoms with Crippen LogP contribution in [0.3, 0.4) is 0 Å². The lowest BCUT2D eigenvalue weighted by Gasteiger charge is -2.02. The van der Waals surface area contributed by atoms with Gasteiger partial charge in [-0.05, 0) is 12.1 Å². The predicted molar refractivity (Wildman–Crippen MR) is 50.6 cm³/mol. The highest BCUT2D eigenvalue weighted by atomic mass is 32.1. The molecule has 1 aromatic heterocycles. The summed E-state index contributed by atoms with van der Waals surface area (Å²) in [5, 5.41) is 7.86. The zero-order chi connectivity index (χ0) is 8.93. The minimum absolute atomic E-state index is 0.504. The fraction of sp³-hybridized carbons (Fsp3) is 0. The maximum absolute atomic E-state index is 5.13. The SMILES string of the molecule is c1ccc(NOc2nncs2)cc1. The Morgan fingerprint density at radius 2 is 2.08 bits per heavy atom. The van der Waals surface area contributed by atoms with Crippen LogP contribution in [0.15, 0.2) is 35.8 Å². The van der Waals surface area contributed by atoms with Crippen molar-refractivity contribution in [3.63, 3.8) is 0 Å². The van der Waals surface area contributed by atoms with Gasteiger partial charge in [0, 0.05) is 0 Å². The van der Waals surface area contributed by atoms with Crippen molar-refractivity contribution in [3.8, 4) is 5.19 Å². The predicted octanol–water partition coefficient (Wildman–Crippen LogP) is 1.94. The highest BCUT2D eigenvalue weighted by Gasteiger charge is 1.96. The first-order valence-electron chi connectivity index (χ1n) is 3.69. The van der Waals surface area contributed by atoms with Crippen LogP contribution >= 0.6 is 11.3 Å². The average molecular weight is 193 g/mol. The van der Waals surface area contributed by atoms with Crippen molar-refractivity contribution in [3.05, 3.63) is 35.8 Å². The number of aromatic nitrogens is 2. The topological polar surface area (TPSA) is 47.0 Å². The summed E-state index contributed by atoms with van der Waals surface area (Å²) in [4.78, 5) is 5.13. The van der Waals surface area contributed by atoms with Gasteiger partial charge in [-0.15, -0.1) is 5.10 Å². The van der Waals surface area contributed by atoms with Gasteiger partial charge in [-0.25, -0.2) is 5.48 Å². The van der Waals surface area contributed by atoms with Crippen LogP contribution in [0, 0.1) is 0 Å². The van der Waals surface area contributed by atoms with Gasteiger partial charge < -0.3 is 4.84 Å². The van der Waals surface area contributed by atoms with Gasteiger partial charge in [0.05, 0.1) is 5.69 Å². The summed E-state index contributed by atoms with van der Waals surface area (Å²) in [6.07, 6.45) is 0. The first-order valence-corrected chi connectivity index (χ1v) is 4.57. The second-order valence-corrected chi connectivity index (χ2v) is 3.07. The minimum atomic E-state index is 0.504. The molecule has 4 nitrogen and oxygen atoms in total. The summed E-state index contributed by atoms with van der Waals surface area (Å²) in [6.45, 7) is 0. The molecule has 1 N–H and O–H groups in total. The van der Waals surface area contributed by atoms with Crippen LogP contribution in [0.1, 0.15) is 0 Å². The van der Waals surface area contributed by atoms with Gasteiger partial charge >= 0.3 is 5.19 Å². The number of nitrogens with zero attached hydrogens (tertiary/aromatic N) is 2. The minimum Gasteiger partial charge on any atom is -0.348 e. The van der Waals surface area contributed by atoms with Crippen molar-refractivity contribution in [1.82, 2.24) is 10.2 Å². The van der Waals surface area contributed by atoms with Crippen molar-refractivity contribution in [2.24, 2.45) is 0 Å². The summed E-state index contributed by atoms with van der Waals surface area (Å²) in [5.41, 5.74) is 5.25. The van der Waals surface area contributed by atoms with Gasteiger partial charge in [0.25, 0.3) is 0 Å². The molecule has 0 radical (unpaired) electrons. The molecule has 5 heteroatoms. The number of benzene rings is 1. The zero-order valence-electron chi connectivity index (χ0n) is 6.68. The fourth-order valence-electron chi connectivity index (χ4n) is 0.816. The first kappa shape index (κ1) is 8.00. The fourth-order valence-corrected chi connectivity index (χ4v) is 1.18. The van der Waals surface area contributed by atoms with E-state index in [4.69, 9.17) is 4.84 Å². The third kappa shape index (κ3) is 2.16. The van der Waals surface area contributed by atoms with Crippen molar-refractivity contribution >= 4 is 17.0 Å². The van der Waals surface area contributed by atoms with Crippen LogP contribution in [-0.4, -0.2) is 10.2 Å². The molecule has 0 aliphatic heterocycles. The van der Waals surface area contributed by atoms with E-state index in [1.54, 1.807) is 5.51 Å². The lowest BCUT2D eigenvalue weighted by atomic mass is 10.3. The molecule has 0 fully saturated rings. The van der Waals surface area contributed by atoms with Crippen LogP contribution in [-0.2, 0) is 0 Å². The van der Waals surface area contributed by atoms with E-state index in [-0.39, 0.29) is 0 Å². The van der Waals surface area contributed by atoms with Gasteiger partial charge in [-0.3, -0.25) is 0 Å². The third-order valence-corrected chi connectivity index (χ3v) is 1.94. The van der Waals surface area contributed by atoms with E-state index >= 15 is 0 Å². The van der Waals surface area contributed by atoms with E-state index in [0.717, 1.165) is 5.69 Å². The summed E-state index contributed by atoms with van der Waals surface area (Å²) < 4.78 is 0. The Kier molecular flexibility index (Phi) is 2.38. The van der Waals surface area contributed by atoms with E-state index < -0.39 is 0 Å². The molecule has 0 aliphatic rings. The average Bonchev–Trinajstić information content (AvgIpc) is 2.69. The monoisotopic (exact) mass is 193 g/mol. The Labute approximate surface area is 79.2 Å². The van der Waals surface area contributed by atoms with E-state index in [9.17, 15) is 0 Å². The summed E-state index contributed by atoms with van der Waals surface area (Å²) in [5.74, 6) is 0. The molecule has 0 unspecified atom stereocenters. The molecule has 13 heavy (non-hydrogen) atoms. The van der Waals surface area contributed by atoms with Crippen LogP contribution in [0.5, 0.6) is 5.19 Å². The Bertz CT molecular complexity index is 349. The molecule has 0 spiro atoms. The molecule has 1 aromatic carbocycles. The molecule has 0 atom stereocenters. The standard InChI is InChI=1S/C8H7N3OS/c1-2-4-7(5-3-1)11-12-8-10-9-6-13-8/h1-6,11H. The number of hydrogen-bond donors (Lipinski definition) is 1. The van der Waals surface area contributed by atoms with Crippen LogP contribution in [0.4, 0.5) is 5.69 Å². The molecule has 66 valence electrons. The van der Waals surface area contributed by atoms with Gasteiger partial charge in [0.2, 0.25) is 0 Å². The van der Waals surface area contributed by atoms with Crippen LogP contribution in [0.2, 0.25) is 0 Å². The summed E-state index contributed by atoms with van der Waals surface area (Å²) >= 11 is 1.34. The lowest BCUT2D eigenvalue weighted by Crippen LogP contribution is -2.03. The van der Waals surface area contributed by atoms with E-state index in [2.05, 4.69) is 15.7 Å². The number of nitrogens with one attached hydrogen (secondary N) is 1. The van der Waals surface area contributed by atoms with Crippen molar-refractivity contribution in [1.29, 1.82) is 0 Å². The second-order valence-electron chi connectivity index (χ2n) is 2.27. The van der Waals surface area contributed by atoms with E-state index in [0.29, 0.717) is 5.19 Å². The molecule has 0 saturated carbocycles. The molecule has 2 aromatic rings. The Morgan fingerprint density at radius 3 is 2.77 bits per heavy atom. The van der Waals surface area contributed by atoms with E-state index in [1.165, 1.54) is 11.3 Å². The van der Waals surface area contributed by atoms with Crippen molar-refractivity contribution < 1.29 is 4.84 Å². The number of para-hydroxylation sites is 1. The molecule has 0 amide bonds. The Morgan fingerprint density at radius 1 is 1.23 bits per heavy atom. The molecule has 0 bridgehead atoms. The van der Waals surface area contributed by atoms with Gasteiger partial charge in [0.15, 0.2) is 0 Å².